The van der Waals surface area contributed by atoms with E-state index >= 15 is 0 Å². The van der Waals surface area contributed by atoms with Crippen molar-refractivity contribution in [3.8, 4) is 5.75 Å². The Morgan fingerprint density at radius 1 is 1.22 bits per heavy atom. The summed E-state index contributed by atoms with van der Waals surface area (Å²) in [5.74, 6) is 0.611. The molecule has 1 aromatic heterocycles. The normalized spacial score (nSPS) is 12.7. The highest BCUT2D eigenvalue weighted by atomic mass is 79.9. The fourth-order valence-corrected chi connectivity index (χ4v) is 1.86. The monoisotopic (exact) mass is 317 g/mol. The van der Waals surface area contributed by atoms with Gasteiger partial charge in [-0.3, -0.25) is 0 Å². The van der Waals surface area contributed by atoms with Crippen LogP contribution in [0, 0.1) is 0 Å². The highest BCUT2D eigenvalue weighted by Crippen LogP contribution is 2.26. The van der Waals surface area contributed by atoms with E-state index in [1.807, 2.05) is 0 Å². The number of benzene rings is 1. The van der Waals surface area contributed by atoms with Gasteiger partial charge in [0.15, 0.2) is 4.67 Å². The van der Waals surface area contributed by atoms with Crippen LogP contribution in [0.5, 0.6) is 5.75 Å². The van der Waals surface area contributed by atoms with Crippen molar-refractivity contribution in [3.63, 3.8) is 0 Å². The van der Waals surface area contributed by atoms with Gasteiger partial charge in [-0.2, -0.15) is 8.78 Å². The molecule has 0 spiro atoms. The lowest BCUT2D eigenvalue weighted by molar-refractivity contribution is -0.0498. The Morgan fingerprint density at radius 3 is 2.61 bits per heavy atom. The van der Waals surface area contributed by atoms with Crippen molar-refractivity contribution < 1.29 is 17.9 Å². The summed E-state index contributed by atoms with van der Waals surface area (Å²) in [4.78, 5) is 0. The molecule has 2 N–H and O–H groups in total. The van der Waals surface area contributed by atoms with Crippen LogP contribution in [0.3, 0.4) is 0 Å². The quantitative estimate of drug-likeness (QED) is 0.935. The zero-order valence-electron chi connectivity index (χ0n) is 9.15. The van der Waals surface area contributed by atoms with Gasteiger partial charge in [0.2, 0.25) is 0 Å². The van der Waals surface area contributed by atoms with Gasteiger partial charge in [0.25, 0.3) is 0 Å². The third kappa shape index (κ3) is 3.08. The highest BCUT2D eigenvalue weighted by Gasteiger charge is 2.14. The lowest BCUT2D eigenvalue weighted by Crippen LogP contribution is -2.11. The predicted molar refractivity (Wildman–Crippen MR) is 65.5 cm³/mol. The van der Waals surface area contributed by atoms with Crippen molar-refractivity contribution in [2.24, 2.45) is 5.73 Å². The number of alkyl halides is 2. The van der Waals surface area contributed by atoms with E-state index in [9.17, 15) is 8.78 Å². The van der Waals surface area contributed by atoms with Crippen LogP contribution in [0.4, 0.5) is 8.78 Å². The Balaban J connectivity index is 2.22. The first-order valence-corrected chi connectivity index (χ1v) is 5.91. The Labute approximate surface area is 111 Å². The molecule has 0 saturated heterocycles. The van der Waals surface area contributed by atoms with Gasteiger partial charge in [0, 0.05) is 0 Å². The second kappa shape index (κ2) is 5.49. The van der Waals surface area contributed by atoms with Crippen molar-refractivity contribution in [2.75, 3.05) is 0 Å². The topological polar surface area (TPSA) is 48.4 Å². The molecule has 2 aromatic rings. The molecule has 1 aromatic carbocycles. The van der Waals surface area contributed by atoms with E-state index in [0.717, 1.165) is 0 Å². The molecule has 0 radical (unpaired) electrons. The zero-order valence-corrected chi connectivity index (χ0v) is 10.7. The van der Waals surface area contributed by atoms with Crippen LogP contribution in [0.1, 0.15) is 17.4 Å². The van der Waals surface area contributed by atoms with Crippen LogP contribution in [0.15, 0.2) is 45.5 Å². The van der Waals surface area contributed by atoms with Crippen molar-refractivity contribution >= 4 is 15.9 Å². The molecule has 2 rings (SSSR count). The molecular weight excluding hydrogens is 308 g/mol. The lowest BCUT2D eigenvalue weighted by atomic mass is 10.1. The fourth-order valence-electron chi connectivity index (χ4n) is 1.54. The molecule has 1 atom stereocenters. The van der Waals surface area contributed by atoms with Gasteiger partial charge in [0.1, 0.15) is 11.5 Å². The van der Waals surface area contributed by atoms with Gasteiger partial charge in [-0.25, -0.2) is 0 Å². The van der Waals surface area contributed by atoms with Crippen molar-refractivity contribution in [2.45, 2.75) is 12.7 Å². The second-order valence-electron chi connectivity index (χ2n) is 3.57. The standard InChI is InChI=1S/C12H10BrF2NO2/c13-10-5-4-9(18-10)11(16)7-2-1-3-8(6-7)17-12(14)15/h1-6,11-12H,16H2. The van der Waals surface area contributed by atoms with Crippen LogP contribution in [0.25, 0.3) is 0 Å². The number of rotatable bonds is 4. The SMILES string of the molecule is NC(c1cccc(OC(F)F)c1)c1ccc(Br)o1. The molecule has 18 heavy (non-hydrogen) atoms. The molecule has 0 amide bonds. The average Bonchev–Trinajstić information content (AvgIpc) is 2.74. The number of halogens is 3. The number of nitrogens with two attached hydrogens (primary N) is 1. The van der Waals surface area contributed by atoms with E-state index in [2.05, 4.69) is 20.7 Å². The Kier molecular flexibility index (Phi) is 3.98. The van der Waals surface area contributed by atoms with E-state index in [1.54, 1.807) is 24.3 Å². The molecule has 6 heteroatoms. The molecule has 0 aliphatic carbocycles. The van der Waals surface area contributed by atoms with E-state index in [0.29, 0.717) is 16.0 Å². The van der Waals surface area contributed by atoms with Crippen LogP contribution in [0.2, 0.25) is 0 Å². The summed E-state index contributed by atoms with van der Waals surface area (Å²) in [6.45, 7) is -2.85. The van der Waals surface area contributed by atoms with Gasteiger partial charge in [0.05, 0.1) is 6.04 Å². The van der Waals surface area contributed by atoms with Gasteiger partial charge in [-0.05, 0) is 45.8 Å². The minimum atomic E-state index is -2.85. The summed E-state index contributed by atoms with van der Waals surface area (Å²) < 4.78 is 34.4. The molecule has 3 nitrogen and oxygen atoms in total. The molecular formula is C12H10BrF2NO2. The Morgan fingerprint density at radius 2 is 2.00 bits per heavy atom. The number of ether oxygens (including phenoxy) is 1. The number of furan rings is 1. The maximum Gasteiger partial charge on any atom is 0.387 e. The molecule has 0 fully saturated rings. The molecule has 0 aliphatic rings. The zero-order chi connectivity index (χ0) is 13.1. The molecule has 0 bridgehead atoms. The first kappa shape index (κ1) is 13.0. The van der Waals surface area contributed by atoms with Crippen LogP contribution < -0.4 is 10.5 Å². The predicted octanol–water partition coefficient (Wildman–Crippen LogP) is 3.69. The third-order valence-electron chi connectivity index (χ3n) is 2.34. The Hall–Kier alpha value is -1.40. The van der Waals surface area contributed by atoms with E-state index in [-0.39, 0.29) is 5.75 Å². The summed E-state index contributed by atoms with van der Waals surface area (Å²) in [5.41, 5.74) is 6.61. The first-order valence-electron chi connectivity index (χ1n) is 5.12. The third-order valence-corrected chi connectivity index (χ3v) is 2.77. The minimum absolute atomic E-state index is 0.0728. The van der Waals surface area contributed by atoms with Crippen molar-refractivity contribution in [1.29, 1.82) is 0 Å². The maximum atomic E-state index is 12.1. The minimum Gasteiger partial charge on any atom is -0.452 e. The maximum absolute atomic E-state index is 12.1. The largest absolute Gasteiger partial charge is 0.452 e. The van der Waals surface area contributed by atoms with Crippen LogP contribution in [-0.4, -0.2) is 6.61 Å². The molecule has 1 heterocycles. The Bertz CT molecular complexity index is 530. The van der Waals surface area contributed by atoms with Crippen molar-refractivity contribution in [3.05, 3.63) is 52.4 Å². The van der Waals surface area contributed by atoms with Crippen molar-refractivity contribution in [1.82, 2.24) is 0 Å². The second-order valence-corrected chi connectivity index (χ2v) is 4.35. The molecule has 1 unspecified atom stereocenters. The highest BCUT2D eigenvalue weighted by molar-refractivity contribution is 9.10. The first-order chi connectivity index (χ1) is 8.56. The summed E-state index contributed by atoms with van der Waals surface area (Å²) in [7, 11) is 0. The lowest BCUT2D eigenvalue weighted by Gasteiger charge is -2.11. The van der Waals surface area contributed by atoms with Gasteiger partial charge < -0.3 is 14.9 Å². The summed E-state index contributed by atoms with van der Waals surface area (Å²) in [5, 5.41) is 0. The number of hydrogen-bond donors (Lipinski definition) is 1. The summed E-state index contributed by atoms with van der Waals surface area (Å²) in [6, 6.07) is 9.14. The van der Waals surface area contributed by atoms with Gasteiger partial charge in [-0.1, -0.05) is 12.1 Å². The van der Waals surface area contributed by atoms with Crippen LogP contribution in [-0.2, 0) is 0 Å². The average molecular weight is 318 g/mol. The van der Waals surface area contributed by atoms with E-state index < -0.39 is 12.7 Å². The van der Waals surface area contributed by atoms with E-state index in [1.165, 1.54) is 12.1 Å². The smallest absolute Gasteiger partial charge is 0.387 e. The van der Waals surface area contributed by atoms with Gasteiger partial charge in [-0.15, -0.1) is 0 Å². The summed E-state index contributed by atoms with van der Waals surface area (Å²) >= 11 is 3.17. The van der Waals surface area contributed by atoms with E-state index in [4.69, 9.17) is 10.2 Å². The van der Waals surface area contributed by atoms with Crippen LogP contribution >= 0.6 is 15.9 Å². The molecule has 0 saturated carbocycles. The molecule has 0 aliphatic heterocycles. The number of hydrogen-bond acceptors (Lipinski definition) is 3. The molecule has 96 valence electrons. The van der Waals surface area contributed by atoms with Gasteiger partial charge >= 0.3 is 6.61 Å². The fraction of sp³-hybridized carbons (Fsp3) is 0.167. The summed E-state index contributed by atoms with van der Waals surface area (Å²) in [6.07, 6.45) is 0.